The van der Waals surface area contributed by atoms with Gasteiger partial charge in [-0.15, -0.1) is 0 Å². The predicted octanol–water partition coefficient (Wildman–Crippen LogP) is 5.15. The minimum absolute atomic E-state index is 0.0986. The van der Waals surface area contributed by atoms with E-state index in [0.29, 0.717) is 11.8 Å². The number of likely N-dealkylation sites (tertiary alicyclic amines) is 1. The number of rotatable bonds is 3. The van der Waals surface area contributed by atoms with Crippen molar-refractivity contribution < 1.29 is 10.0 Å². The van der Waals surface area contributed by atoms with Gasteiger partial charge in [0.1, 0.15) is 11.8 Å². The first-order valence-corrected chi connectivity index (χ1v) is 10.9. The van der Waals surface area contributed by atoms with Crippen LogP contribution >= 0.6 is 0 Å². The summed E-state index contributed by atoms with van der Waals surface area (Å²) in [5.41, 5.74) is 4.65. The molecule has 28 heavy (non-hydrogen) atoms. The van der Waals surface area contributed by atoms with Crippen molar-refractivity contribution in [2.24, 2.45) is 0 Å². The molecule has 0 spiro atoms. The number of phenols is 1. The van der Waals surface area contributed by atoms with E-state index in [1.54, 1.807) is 4.90 Å². The molecule has 1 saturated heterocycles. The Bertz CT molecular complexity index is 754. The Kier molecular flexibility index (Phi) is 5.91. The molecule has 2 N–H and O–H groups in total. The molecule has 2 aromatic rings. The van der Waals surface area contributed by atoms with E-state index in [1.807, 2.05) is 0 Å². The van der Waals surface area contributed by atoms with Gasteiger partial charge in [0, 0.05) is 22.3 Å². The van der Waals surface area contributed by atoms with Crippen LogP contribution in [0.15, 0.2) is 42.5 Å². The molecule has 0 saturated carbocycles. The Morgan fingerprint density at radius 2 is 1.25 bits per heavy atom. The van der Waals surface area contributed by atoms with Crippen molar-refractivity contribution in [3.05, 3.63) is 64.7 Å². The van der Waals surface area contributed by atoms with Gasteiger partial charge in [0.25, 0.3) is 0 Å². The lowest BCUT2D eigenvalue weighted by Crippen LogP contribution is -3.13. The molecule has 3 rings (SSSR count). The number of quaternary nitrogens is 1. The van der Waals surface area contributed by atoms with Crippen molar-refractivity contribution >= 4 is 0 Å². The Balaban J connectivity index is 2.21. The summed E-state index contributed by atoms with van der Waals surface area (Å²) in [5, 5.41) is 11.1. The number of piperidine rings is 1. The lowest BCUT2D eigenvalue weighted by molar-refractivity contribution is -0.930. The molecule has 0 aromatic heterocycles. The van der Waals surface area contributed by atoms with Crippen molar-refractivity contribution in [1.82, 2.24) is 0 Å². The average Bonchev–Trinajstić information content (AvgIpc) is 2.63. The van der Waals surface area contributed by atoms with Gasteiger partial charge in [-0.25, -0.2) is 0 Å². The molecule has 1 atom stereocenters. The Morgan fingerprint density at radius 3 is 1.71 bits per heavy atom. The van der Waals surface area contributed by atoms with Crippen LogP contribution in [0.3, 0.4) is 0 Å². The van der Waals surface area contributed by atoms with E-state index in [4.69, 9.17) is 0 Å². The van der Waals surface area contributed by atoms with Crippen LogP contribution < -0.4 is 4.90 Å². The highest BCUT2D eigenvalue weighted by atomic mass is 16.3. The minimum Gasteiger partial charge on any atom is -0.507 e. The van der Waals surface area contributed by atoms with E-state index < -0.39 is 0 Å². The van der Waals surface area contributed by atoms with E-state index >= 15 is 0 Å². The normalized spacial score (nSPS) is 17.5. The zero-order chi connectivity index (χ0) is 20.5. The molecule has 0 radical (unpaired) electrons. The highest BCUT2D eigenvalue weighted by Crippen LogP contribution is 2.41. The highest BCUT2D eigenvalue weighted by Gasteiger charge is 2.32. The van der Waals surface area contributed by atoms with Gasteiger partial charge in [-0.3, -0.25) is 0 Å². The second-order valence-corrected chi connectivity index (χ2v) is 10.5. The molecule has 2 aromatic carbocycles. The van der Waals surface area contributed by atoms with Gasteiger partial charge in [-0.2, -0.15) is 0 Å². The fourth-order valence-corrected chi connectivity index (χ4v) is 4.57. The van der Waals surface area contributed by atoms with Gasteiger partial charge in [-0.1, -0.05) is 71.9 Å². The van der Waals surface area contributed by atoms with E-state index in [-0.39, 0.29) is 10.8 Å². The third-order valence-corrected chi connectivity index (χ3v) is 6.12. The van der Waals surface area contributed by atoms with Crippen LogP contribution in [0.25, 0.3) is 0 Å². The predicted molar refractivity (Wildman–Crippen MR) is 118 cm³/mol. The zero-order valence-corrected chi connectivity index (χ0v) is 18.6. The maximum atomic E-state index is 11.1. The summed E-state index contributed by atoms with van der Waals surface area (Å²) in [6.45, 7) is 15.6. The monoisotopic (exact) mass is 380 g/mol. The van der Waals surface area contributed by atoms with Crippen molar-refractivity contribution in [3.63, 3.8) is 0 Å². The second kappa shape index (κ2) is 7.91. The molecule has 1 unspecified atom stereocenters. The molecular formula is C26H38NO+. The Hall–Kier alpha value is -1.80. The molecule has 1 fully saturated rings. The fourth-order valence-electron chi connectivity index (χ4n) is 4.57. The SMILES string of the molecule is CC(C)(C)c1cc(C(c2ccccc2)[NH+]2CCCCC2)cc(C(C)(C)C)c1O. The second-order valence-electron chi connectivity index (χ2n) is 10.5. The molecule has 1 aliphatic heterocycles. The molecule has 152 valence electrons. The van der Waals surface area contributed by atoms with Crippen molar-refractivity contribution in [2.75, 3.05) is 13.1 Å². The van der Waals surface area contributed by atoms with E-state index in [2.05, 4.69) is 84.0 Å². The van der Waals surface area contributed by atoms with Crippen LogP contribution in [0.4, 0.5) is 0 Å². The molecule has 1 heterocycles. The van der Waals surface area contributed by atoms with Gasteiger partial charge < -0.3 is 10.0 Å². The highest BCUT2D eigenvalue weighted by molar-refractivity contribution is 5.51. The van der Waals surface area contributed by atoms with Gasteiger partial charge in [0.05, 0.1) is 13.1 Å². The fraction of sp³-hybridized carbons (Fsp3) is 0.538. The largest absolute Gasteiger partial charge is 0.507 e. The lowest BCUT2D eigenvalue weighted by atomic mass is 9.77. The number of benzene rings is 2. The van der Waals surface area contributed by atoms with E-state index in [0.717, 1.165) is 11.1 Å². The van der Waals surface area contributed by atoms with Gasteiger partial charge >= 0.3 is 0 Å². The topological polar surface area (TPSA) is 24.7 Å². The zero-order valence-electron chi connectivity index (χ0n) is 18.6. The summed E-state index contributed by atoms with van der Waals surface area (Å²) < 4.78 is 0. The number of hydrogen-bond acceptors (Lipinski definition) is 1. The molecular weight excluding hydrogens is 342 g/mol. The van der Waals surface area contributed by atoms with Crippen LogP contribution in [-0.2, 0) is 10.8 Å². The van der Waals surface area contributed by atoms with Gasteiger partial charge in [-0.05, 0) is 42.2 Å². The molecule has 0 aliphatic carbocycles. The van der Waals surface area contributed by atoms with Crippen LogP contribution in [0.5, 0.6) is 5.75 Å². The maximum absolute atomic E-state index is 11.1. The standard InChI is InChI=1S/C26H37NO/c1-25(2,3)21-17-20(18-22(24(21)28)26(4,5)6)23(19-13-9-7-10-14-19)27-15-11-8-12-16-27/h7,9-10,13-14,17-18,23,28H,8,11-12,15-16H2,1-6H3/p+1. The quantitative estimate of drug-likeness (QED) is 0.757. The number of aromatic hydroxyl groups is 1. The number of phenolic OH excluding ortho intramolecular Hbond substituents is 1. The average molecular weight is 381 g/mol. The summed E-state index contributed by atoms with van der Waals surface area (Å²) in [6.07, 6.45) is 3.95. The van der Waals surface area contributed by atoms with Crippen molar-refractivity contribution in [1.29, 1.82) is 0 Å². The van der Waals surface area contributed by atoms with Crippen LogP contribution in [-0.4, -0.2) is 18.2 Å². The number of hydrogen-bond donors (Lipinski definition) is 2. The van der Waals surface area contributed by atoms with Gasteiger partial charge in [0.2, 0.25) is 0 Å². The summed E-state index contributed by atoms with van der Waals surface area (Å²) in [7, 11) is 0. The minimum atomic E-state index is -0.0986. The number of nitrogens with one attached hydrogen (secondary N) is 1. The van der Waals surface area contributed by atoms with Crippen LogP contribution in [0.2, 0.25) is 0 Å². The molecule has 0 amide bonds. The van der Waals surface area contributed by atoms with Crippen molar-refractivity contribution in [3.8, 4) is 5.75 Å². The Labute approximate surface area is 171 Å². The first kappa shape index (κ1) is 20.9. The summed E-state index contributed by atoms with van der Waals surface area (Å²) in [4.78, 5) is 1.66. The Morgan fingerprint density at radius 1 is 0.750 bits per heavy atom. The van der Waals surface area contributed by atoms with E-state index in [9.17, 15) is 5.11 Å². The summed E-state index contributed by atoms with van der Waals surface area (Å²) >= 11 is 0. The lowest BCUT2D eigenvalue weighted by Gasteiger charge is -2.34. The molecule has 2 nitrogen and oxygen atoms in total. The van der Waals surface area contributed by atoms with E-state index in [1.165, 1.54) is 43.5 Å². The van der Waals surface area contributed by atoms with Crippen LogP contribution in [0.1, 0.15) is 89.1 Å². The van der Waals surface area contributed by atoms with Gasteiger partial charge in [0.15, 0.2) is 0 Å². The smallest absolute Gasteiger partial charge is 0.139 e. The maximum Gasteiger partial charge on any atom is 0.139 e. The molecule has 0 bridgehead atoms. The third kappa shape index (κ3) is 4.43. The molecule has 1 aliphatic rings. The summed E-state index contributed by atoms with van der Waals surface area (Å²) in [5.74, 6) is 0.476. The van der Waals surface area contributed by atoms with Crippen LogP contribution in [0, 0.1) is 0 Å². The summed E-state index contributed by atoms with van der Waals surface area (Å²) in [6, 6.07) is 15.8. The van der Waals surface area contributed by atoms with Crippen molar-refractivity contribution in [2.45, 2.75) is 77.7 Å². The first-order chi connectivity index (χ1) is 13.1. The molecule has 2 heteroatoms. The first-order valence-electron chi connectivity index (χ1n) is 10.9. The third-order valence-electron chi connectivity index (χ3n) is 6.12.